The fraction of sp³-hybridized carbons (Fsp3) is 0. The highest BCUT2D eigenvalue weighted by Crippen LogP contribution is 2.43. The first-order valence-electron chi connectivity index (χ1n) is 11.9. The second kappa shape index (κ2) is 8.80. The molecule has 0 radical (unpaired) electrons. The third-order valence-electron chi connectivity index (χ3n) is 6.46. The monoisotopic (exact) mass is 498 g/mol. The van der Waals surface area contributed by atoms with E-state index in [1.807, 2.05) is 97.1 Å². The fourth-order valence-corrected chi connectivity index (χ4v) is 6.10. The largest absolute Gasteiger partial charge is 0.439 e. The Hall–Kier alpha value is -4.61. The highest BCUT2D eigenvalue weighted by molar-refractivity contribution is 7.27. The lowest BCUT2D eigenvalue weighted by atomic mass is 10.0. The van der Waals surface area contributed by atoms with Crippen molar-refractivity contribution in [2.45, 2.75) is 0 Å². The van der Waals surface area contributed by atoms with Crippen LogP contribution in [-0.4, -0.2) is 9.97 Å². The number of benzene rings is 4. The first-order chi connectivity index (χ1) is 18.2. The average molecular weight is 499 g/mol. The number of halogens is 1. The Bertz CT molecular complexity index is 1930. The summed E-state index contributed by atoms with van der Waals surface area (Å²) < 4.78 is 23.1. The van der Waals surface area contributed by atoms with E-state index in [9.17, 15) is 0 Å². The molecule has 37 heavy (non-hydrogen) atoms. The maximum absolute atomic E-state index is 15.1. The van der Waals surface area contributed by atoms with Crippen molar-refractivity contribution in [2.75, 3.05) is 0 Å². The van der Waals surface area contributed by atoms with E-state index in [2.05, 4.69) is 22.1 Å². The number of ether oxygens (including phenoxy) is 1. The van der Waals surface area contributed by atoms with Gasteiger partial charge < -0.3 is 4.74 Å². The summed E-state index contributed by atoms with van der Waals surface area (Å²) in [6, 6.07) is 35.7. The van der Waals surface area contributed by atoms with Crippen molar-refractivity contribution < 1.29 is 9.13 Å². The summed E-state index contributed by atoms with van der Waals surface area (Å²) in [5, 5.41) is 3.78. The molecule has 0 bridgehead atoms. The minimum Gasteiger partial charge on any atom is -0.439 e. The van der Waals surface area contributed by atoms with Crippen LogP contribution in [0.4, 0.5) is 4.39 Å². The Morgan fingerprint density at radius 2 is 1.49 bits per heavy atom. The second-order valence-corrected chi connectivity index (χ2v) is 9.80. The zero-order chi connectivity index (χ0) is 24.8. The van der Waals surface area contributed by atoms with Crippen LogP contribution < -0.4 is 4.74 Å². The van der Waals surface area contributed by atoms with E-state index in [1.165, 1.54) is 6.20 Å². The van der Waals surface area contributed by atoms with E-state index < -0.39 is 0 Å². The number of rotatable bonds is 4. The standard InChI is InChI=1S/C32H19FN2OS/c33-26-19-34-30(32-29(26)25-17-16-20-8-4-5-13-24(20)31(25)37-32)22-11-6-12-23(18-22)36-28-15-7-14-27(35-28)21-9-2-1-3-10-21/h1-19H. The quantitative estimate of drug-likeness (QED) is 0.243. The molecule has 3 nitrogen and oxygen atoms in total. The van der Waals surface area contributed by atoms with Gasteiger partial charge in [0.15, 0.2) is 5.82 Å². The number of fused-ring (bicyclic) bond motifs is 5. The summed E-state index contributed by atoms with van der Waals surface area (Å²) in [4.78, 5) is 9.19. The Balaban J connectivity index is 1.32. The lowest BCUT2D eigenvalue weighted by Gasteiger charge is -2.09. The van der Waals surface area contributed by atoms with Gasteiger partial charge in [0.25, 0.3) is 0 Å². The Labute approximate surface area is 216 Å². The molecule has 176 valence electrons. The van der Waals surface area contributed by atoms with Gasteiger partial charge in [-0.1, -0.05) is 84.9 Å². The minimum atomic E-state index is -0.311. The van der Waals surface area contributed by atoms with Gasteiger partial charge in [0.1, 0.15) is 5.75 Å². The summed E-state index contributed by atoms with van der Waals surface area (Å²) in [6.45, 7) is 0. The van der Waals surface area contributed by atoms with Crippen LogP contribution in [0.5, 0.6) is 11.6 Å². The third-order valence-corrected chi connectivity index (χ3v) is 7.71. The summed E-state index contributed by atoms with van der Waals surface area (Å²) >= 11 is 1.58. The van der Waals surface area contributed by atoms with Gasteiger partial charge in [-0.05, 0) is 29.0 Å². The first-order valence-corrected chi connectivity index (χ1v) is 12.8. The molecular formula is C32H19FN2OS. The first kappa shape index (κ1) is 21.7. The molecule has 7 rings (SSSR count). The normalized spacial score (nSPS) is 11.4. The molecule has 0 amide bonds. The van der Waals surface area contributed by atoms with Gasteiger partial charge in [0.05, 0.1) is 22.3 Å². The van der Waals surface area contributed by atoms with Crippen molar-refractivity contribution in [2.24, 2.45) is 0 Å². The van der Waals surface area contributed by atoms with Crippen LogP contribution in [-0.2, 0) is 0 Å². The molecule has 0 aliphatic carbocycles. The van der Waals surface area contributed by atoms with Crippen molar-refractivity contribution in [3.05, 3.63) is 121 Å². The molecular weight excluding hydrogens is 479 g/mol. The summed E-state index contributed by atoms with van der Waals surface area (Å²) in [5.41, 5.74) is 3.46. The molecule has 0 unspecified atom stereocenters. The zero-order valence-corrected chi connectivity index (χ0v) is 20.4. The van der Waals surface area contributed by atoms with Gasteiger partial charge in [-0.3, -0.25) is 4.98 Å². The predicted octanol–water partition coefficient (Wildman–Crippen LogP) is 9.26. The van der Waals surface area contributed by atoms with Crippen LogP contribution in [0.25, 0.3) is 53.5 Å². The molecule has 0 atom stereocenters. The van der Waals surface area contributed by atoms with E-state index in [0.29, 0.717) is 17.0 Å². The lowest BCUT2D eigenvalue weighted by molar-refractivity contribution is 0.464. The number of pyridine rings is 2. The lowest BCUT2D eigenvalue weighted by Crippen LogP contribution is -1.91. The Morgan fingerprint density at radius 3 is 2.41 bits per heavy atom. The number of thiophene rings is 1. The van der Waals surface area contributed by atoms with Crippen molar-refractivity contribution in [1.29, 1.82) is 0 Å². The highest BCUT2D eigenvalue weighted by atomic mass is 32.1. The third kappa shape index (κ3) is 3.81. The second-order valence-electron chi connectivity index (χ2n) is 8.78. The van der Waals surface area contributed by atoms with Gasteiger partial charge in [0, 0.05) is 32.7 Å². The molecule has 3 heterocycles. The van der Waals surface area contributed by atoms with Crippen molar-refractivity contribution in [3.8, 4) is 34.1 Å². The van der Waals surface area contributed by atoms with E-state index in [0.717, 1.165) is 48.1 Å². The molecule has 0 saturated carbocycles. The Morgan fingerprint density at radius 1 is 0.676 bits per heavy atom. The van der Waals surface area contributed by atoms with Crippen LogP contribution in [0.15, 0.2) is 115 Å². The number of hydrogen-bond acceptors (Lipinski definition) is 4. The van der Waals surface area contributed by atoms with Crippen LogP contribution in [0, 0.1) is 5.82 Å². The SMILES string of the molecule is Fc1cnc(-c2cccc(Oc3cccc(-c4ccccc4)n3)c2)c2sc3c4ccccc4ccc3c12. The smallest absolute Gasteiger partial charge is 0.219 e. The van der Waals surface area contributed by atoms with E-state index >= 15 is 4.39 Å². The van der Waals surface area contributed by atoms with Gasteiger partial charge in [-0.2, -0.15) is 0 Å². The number of nitrogens with zero attached hydrogens (tertiary/aromatic N) is 2. The highest BCUT2D eigenvalue weighted by Gasteiger charge is 2.17. The zero-order valence-electron chi connectivity index (χ0n) is 19.6. The van der Waals surface area contributed by atoms with Crippen LogP contribution >= 0.6 is 11.3 Å². The summed E-state index contributed by atoms with van der Waals surface area (Å²) in [7, 11) is 0. The molecule has 0 saturated heterocycles. The summed E-state index contributed by atoms with van der Waals surface area (Å²) in [5.74, 6) is 0.833. The molecule has 0 fully saturated rings. The molecule has 5 heteroatoms. The van der Waals surface area contributed by atoms with E-state index in [-0.39, 0.29) is 5.82 Å². The van der Waals surface area contributed by atoms with Crippen molar-refractivity contribution >= 4 is 42.3 Å². The molecule has 0 aliphatic rings. The fourth-order valence-electron chi connectivity index (χ4n) is 4.75. The predicted molar refractivity (Wildman–Crippen MR) is 150 cm³/mol. The number of hydrogen-bond donors (Lipinski definition) is 0. The van der Waals surface area contributed by atoms with Crippen LogP contribution in [0.1, 0.15) is 0 Å². The van der Waals surface area contributed by atoms with Crippen LogP contribution in [0.2, 0.25) is 0 Å². The molecule has 0 spiro atoms. The van der Waals surface area contributed by atoms with Gasteiger partial charge in [-0.25, -0.2) is 9.37 Å². The molecule has 4 aromatic carbocycles. The molecule has 7 aromatic rings. The van der Waals surface area contributed by atoms with E-state index in [1.54, 1.807) is 11.3 Å². The van der Waals surface area contributed by atoms with Gasteiger partial charge >= 0.3 is 0 Å². The molecule has 3 aromatic heterocycles. The van der Waals surface area contributed by atoms with Crippen LogP contribution in [0.3, 0.4) is 0 Å². The van der Waals surface area contributed by atoms with Crippen molar-refractivity contribution in [1.82, 2.24) is 9.97 Å². The molecule has 0 aliphatic heterocycles. The molecule has 0 N–H and O–H groups in total. The van der Waals surface area contributed by atoms with Crippen molar-refractivity contribution in [3.63, 3.8) is 0 Å². The summed E-state index contributed by atoms with van der Waals surface area (Å²) in [6.07, 6.45) is 1.32. The number of aromatic nitrogens is 2. The maximum atomic E-state index is 15.1. The van der Waals surface area contributed by atoms with Gasteiger partial charge in [-0.15, -0.1) is 11.3 Å². The minimum absolute atomic E-state index is 0.311. The maximum Gasteiger partial charge on any atom is 0.219 e. The Kier molecular flexibility index (Phi) is 5.15. The average Bonchev–Trinajstić information content (AvgIpc) is 3.35. The van der Waals surface area contributed by atoms with E-state index in [4.69, 9.17) is 4.74 Å². The van der Waals surface area contributed by atoms with Gasteiger partial charge in [0.2, 0.25) is 5.88 Å². The topological polar surface area (TPSA) is 35.0 Å².